The van der Waals surface area contributed by atoms with Gasteiger partial charge in [-0.25, -0.2) is 15.0 Å². The molecule has 0 N–H and O–H groups in total. The number of carbonyl (C=O) groups excluding carboxylic acids is 1. The molecule has 0 saturated carbocycles. The van der Waals surface area contributed by atoms with Gasteiger partial charge in [0.25, 0.3) is 5.91 Å². The number of thioether (sulfide) groups is 1. The first-order valence-corrected chi connectivity index (χ1v) is 10.1. The normalized spacial score (nSPS) is 22.5. The number of thiazole rings is 1. The van der Waals surface area contributed by atoms with Gasteiger partial charge in [-0.3, -0.25) is 4.79 Å². The van der Waals surface area contributed by atoms with Crippen molar-refractivity contribution in [1.29, 1.82) is 0 Å². The Bertz CT molecular complexity index is 767. The average molecular weight is 361 g/mol. The molecule has 2 atom stereocenters. The first-order valence-electron chi connectivity index (χ1n) is 7.93. The highest BCUT2D eigenvalue weighted by Crippen LogP contribution is 2.36. The fourth-order valence-electron chi connectivity index (χ4n) is 3.55. The molecule has 0 radical (unpaired) electrons. The van der Waals surface area contributed by atoms with E-state index >= 15 is 0 Å². The number of hydrogen-bond donors (Lipinski definition) is 0. The van der Waals surface area contributed by atoms with E-state index in [-0.39, 0.29) is 18.0 Å². The third kappa shape index (κ3) is 2.48. The van der Waals surface area contributed by atoms with Crippen LogP contribution in [0.4, 0.5) is 5.82 Å². The lowest BCUT2D eigenvalue weighted by Crippen LogP contribution is -2.70. The number of fused-ring (bicyclic) bond motifs is 2. The van der Waals surface area contributed by atoms with Crippen LogP contribution in [0, 0.1) is 13.8 Å². The number of aromatic nitrogens is 3. The second-order valence-corrected chi connectivity index (χ2v) is 7.77. The molecule has 24 heavy (non-hydrogen) atoms. The highest BCUT2D eigenvalue weighted by Gasteiger charge is 2.48. The Morgan fingerprint density at radius 1 is 1.29 bits per heavy atom. The van der Waals surface area contributed by atoms with E-state index < -0.39 is 0 Å². The van der Waals surface area contributed by atoms with Crippen molar-refractivity contribution in [1.82, 2.24) is 19.9 Å². The number of carbonyl (C=O) groups is 1. The van der Waals surface area contributed by atoms with Crippen molar-refractivity contribution in [3.05, 3.63) is 27.8 Å². The first-order chi connectivity index (χ1) is 11.6. The van der Waals surface area contributed by atoms with Crippen LogP contribution in [-0.4, -0.2) is 57.2 Å². The summed E-state index contributed by atoms with van der Waals surface area (Å²) in [4.78, 5) is 30.3. The van der Waals surface area contributed by atoms with Crippen LogP contribution in [0.5, 0.6) is 0 Å². The lowest BCUT2D eigenvalue weighted by Gasteiger charge is -2.56. The van der Waals surface area contributed by atoms with Gasteiger partial charge < -0.3 is 9.80 Å². The van der Waals surface area contributed by atoms with Gasteiger partial charge in [0.05, 0.1) is 17.6 Å². The topological polar surface area (TPSA) is 62.2 Å². The number of hydrogen-bond acceptors (Lipinski definition) is 7. The molecule has 0 spiro atoms. The highest BCUT2D eigenvalue weighted by molar-refractivity contribution is 7.98. The molecule has 126 valence electrons. The zero-order valence-corrected chi connectivity index (χ0v) is 15.5. The Kier molecular flexibility index (Phi) is 3.96. The molecule has 0 aliphatic carbocycles. The number of nitrogens with zero attached hydrogens (tertiary/aromatic N) is 5. The van der Waals surface area contributed by atoms with Crippen LogP contribution in [0.15, 0.2) is 16.0 Å². The summed E-state index contributed by atoms with van der Waals surface area (Å²) in [5.74, 6) is 1.08. The van der Waals surface area contributed by atoms with Gasteiger partial charge in [0.1, 0.15) is 11.5 Å². The van der Waals surface area contributed by atoms with E-state index in [2.05, 4.69) is 21.8 Å². The minimum Gasteiger partial charge on any atom is -0.352 e. The van der Waals surface area contributed by atoms with Crippen LogP contribution in [0.3, 0.4) is 0 Å². The SMILES string of the molecule is CSc1nc(C)c(C)c(N2CC3CC(C2)N3C(=O)c2cscn2)n1. The van der Waals surface area contributed by atoms with Crippen molar-refractivity contribution < 1.29 is 4.79 Å². The Hall–Kier alpha value is -1.67. The van der Waals surface area contributed by atoms with Crippen molar-refractivity contribution in [2.75, 3.05) is 24.2 Å². The van der Waals surface area contributed by atoms with Crippen LogP contribution in [0.2, 0.25) is 0 Å². The van der Waals surface area contributed by atoms with Crippen LogP contribution < -0.4 is 4.90 Å². The van der Waals surface area contributed by atoms with Gasteiger partial charge in [0, 0.05) is 29.7 Å². The van der Waals surface area contributed by atoms with Gasteiger partial charge in [-0.1, -0.05) is 11.8 Å². The van der Waals surface area contributed by atoms with Crippen molar-refractivity contribution in [2.24, 2.45) is 0 Å². The highest BCUT2D eigenvalue weighted by atomic mass is 32.2. The fraction of sp³-hybridized carbons (Fsp3) is 0.500. The molecule has 0 aromatic carbocycles. The third-order valence-electron chi connectivity index (χ3n) is 4.90. The zero-order chi connectivity index (χ0) is 16.8. The van der Waals surface area contributed by atoms with E-state index in [1.54, 1.807) is 17.3 Å². The Morgan fingerprint density at radius 3 is 2.67 bits per heavy atom. The molecular formula is C16H19N5OS2. The quantitative estimate of drug-likeness (QED) is 0.618. The number of amides is 1. The number of rotatable bonds is 3. The van der Waals surface area contributed by atoms with Gasteiger partial charge in [-0.2, -0.15) is 0 Å². The second-order valence-electron chi connectivity index (χ2n) is 6.28. The van der Waals surface area contributed by atoms with E-state index in [0.717, 1.165) is 41.7 Å². The van der Waals surface area contributed by atoms with E-state index in [1.807, 2.05) is 23.5 Å². The number of piperidine rings is 1. The maximum atomic E-state index is 12.6. The molecule has 8 heteroatoms. The van der Waals surface area contributed by atoms with Gasteiger partial charge in [0.2, 0.25) is 0 Å². The molecular weight excluding hydrogens is 342 g/mol. The number of anilines is 1. The summed E-state index contributed by atoms with van der Waals surface area (Å²) >= 11 is 3.03. The van der Waals surface area contributed by atoms with E-state index in [1.165, 1.54) is 11.3 Å². The average Bonchev–Trinajstić information content (AvgIpc) is 3.11. The van der Waals surface area contributed by atoms with E-state index in [0.29, 0.717) is 5.69 Å². The third-order valence-corrected chi connectivity index (χ3v) is 6.04. The summed E-state index contributed by atoms with van der Waals surface area (Å²) in [6, 6.07) is 0.510. The molecule has 2 unspecified atom stereocenters. The molecule has 2 aromatic rings. The van der Waals surface area contributed by atoms with Crippen LogP contribution >= 0.6 is 23.1 Å². The van der Waals surface area contributed by atoms with Crippen LogP contribution in [0.1, 0.15) is 28.2 Å². The molecule has 1 amide bonds. The van der Waals surface area contributed by atoms with Crippen molar-refractivity contribution >= 4 is 34.8 Å². The fourth-order valence-corrected chi connectivity index (χ4v) is 4.48. The van der Waals surface area contributed by atoms with Gasteiger partial charge in [-0.15, -0.1) is 11.3 Å². The smallest absolute Gasteiger partial charge is 0.273 e. The summed E-state index contributed by atoms with van der Waals surface area (Å²) in [6.07, 6.45) is 3.07. The number of aryl methyl sites for hydroxylation is 1. The van der Waals surface area contributed by atoms with Gasteiger partial charge in [0.15, 0.2) is 5.16 Å². The monoisotopic (exact) mass is 361 g/mol. The molecule has 5 rings (SSSR count). The first kappa shape index (κ1) is 15.8. The van der Waals surface area contributed by atoms with Crippen molar-refractivity contribution in [2.45, 2.75) is 37.5 Å². The predicted octanol–water partition coefficient (Wildman–Crippen LogP) is 2.38. The van der Waals surface area contributed by atoms with E-state index in [9.17, 15) is 4.79 Å². The summed E-state index contributed by atoms with van der Waals surface area (Å²) in [5.41, 5.74) is 4.44. The summed E-state index contributed by atoms with van der Waals surface area (Å²) in [7, 11) is 0. The van der Waals surface area contributed by atoms with Crippen molar-refractivity contribution in [3.63, 3.8) is 0 Å². The van der Waals surface area contributed by atoms with Gasteiger partial charge in [-0.05, 0) is 26.5 Å². The molecule has 3 aliphatic heterocycles. The molecule has 2 aromatic heterocycles. The zero-order valence-electron chi connectivity index (χ0n) is 13.9. The molecule has 6 nitrogen and oxygen atoms in total. The van der Waals surface area contributed by atoms with E-state index in [4.69, 9.17) is 4.98 Å². The standard InChI is InChI=1S/C16H19N5OS2/c1-9-10(2)18-16(23-3)19-14(9)20-5-11-4-12(6-20)21(11)15(22)13-7-24-8-17-13/h7-8,11-12H,4-6H2,1-3H3. The minimum atomic E-state index is 0.0672. The van der Waals surface area contributed by atoms with Crippen LogP contribution in [-0.2, 0) is 0 Å². The summed E-state index contributed by atoms with van der Waals surface area (Å²) in [5, 5.41) is 2.64. The summed E-state index contributed by atoms with van der Waals surface area (Å²) in [6.45, 7) is 5.77. The molecule has 3 aliphatic rings. The largest absolute Gasteiger partial charge is 0.352 e. The molecule has 3 fully saturated rings. The Balaban J connectivity index is 1.55. The predicted molar refractivity (Wildman–Crippen MR) is 96.0 cm³/mol. The maximum absolute atomic E-state index is 12.6. The number of piperazine rings is 1. The Labute approximate surface area is 149 Å². The lowest BCUT2D eigenvalue weighted by atomic mass is 9.86. The molecule has 3 saturated heterocycles. The molecule has 2 bridgehead atoms. The second kappa shape index (κ2) is 6.00. The van der Waals surface area contributed by atoms with Crippen molar-refractivity contribution in [3.8, 4) is 0 Å². The minimum absolute atomic E-state index is 0.0672. The van der Waals surface area contributed by atoms with Gasteiger partial charge >= 0.3 is 0 Å². The van der Waals surface area contributed by atoms with Crippen LogP contribution in [0.25, 0.3) is 0 Å². The Morgan fingerprint density at radius 2 is 2.04 bits per heavy atom. The lowest BCUT2D eigenvalue weighted by molar-refractivity contribution is 0.00526. The summed E-state index contributed by atoms with van der Waals surface area (Å²) < 4.78 is 0. The molecule has 5 heterocycles. The maximum Gasteiger partial charge on any atom is 0.273 e.